The van der Waals surface area contributed by atoms with Crippen LogP contribution in [-0.2, 0) is 5.41 Å². The molecule has 2 aliphatic carbocycles. The molecule has 0 amide bonds. The zero-order valence-corrected chi connectivity index (χ0v) is 10.4. The molecule has 16 heavy (non-hydrogen) atoms. The molecule has 0 saturated heterocycles. The standard InChI is InChI=1S/C14H18ClN/c1-10-8-14(10,9-16-13-6-7-13)11-2-4-12(15)5-3-11/h2-5,10,13,16H,6-9H2,1H3. The Balaban J connectivity index is 1.76. The first-order valence-corrected chi connectivity index (χ1v) is 6.58. The molecular weight excluding hydrogens is 218 g/mol. The summed E-state index contributed by atoms with van der Waals surface area (Å²) in [7, 11) is 0. The quantitative estimate of drug-likeness (QED) is 0.844. The highest BCUT2D eigenvalue weighted by Crippen LogP contribution is 2.53. The molecule has 2 atom stereocenters. The van der Waals surface area contributed by atoms with Crippen LogP contribution in [0, 0.1) is 5.92 Å². The van der Waals surface area contributed by atoms with Crippen LogP contribution in [0.25, 0.3) is 0 Å². The van der Waals surface area contributed by atoms with Gasteiger partial charge in [0, 0.05) is 23.0 Å². The highest BCUT2D eigenvalue weighted by Gasteiger charge is 2.52. The lowest BCUT2D eigenvalue weighted by Crippen LogP contribution is -2.29. The Kier molecular flexibility index (Phi) is 2.49. The highest BCUT2D eigenvalue weighted by molar-refractivity contribution is 6.30. The van der Waals surface area contributed by atoms with E-state index in [1.54, 1.807) is 0 Å². The van der Waals surface area contributed by atoms with Crippen LogP contribution < -0.4 is 5.32 Å². The normalized spacial score (nSPS) is 32.8. The lowest BCUT2D eigenvalue weighted by molar-refractivity contribution is 0.541. The summed E-state index contributed by atoms with van der Waals surface area (Å²) < 4.78 is 0. The molecule has 1 nitrogen and oxygen atoms in total. The number of benzene rings is 1. The number of halogens is 1. The molecule has 0 spiro atoms. The monoisotopic (exact) mass is 235 g/mol. The van der Waals surface area contributed by atoms with E-state index in [0.717, 1.165) is 23.5 Å². The van der Waals surface area contributed by atoms with Crippen molar-refractivity contribution in [3.8, 4) is 0 Å². The molecular formula is C14H18ClN. The molecule has 2 fully saturated rings. The van der Waals surface area contributed by atoms with Crippen molar-refractivity contribution in [2.45, 2.75) is 37.6 Å². The van der Waals surface area contributed by atoms with Crippen LogP contribution in [-0.4, -0.2) is 12.6 Å². The van der Waals surface area contributed by atoms with Gasteiger partial charge in [-0.05, 0) is 42.9 Å². The van der Waals surface area contributed by atoms with Crippen molar-refractivity contribution in [2.24, 2.45) is 5.92 Å². The van der Waals surface area contributed by atoms with Crippen LogP contribution in [0.3, 0.4) is 0 Å². The maximum atomic E-state index is 5.94. The fourth-order valence-corrected chi connectivity index (χ4v) is 2.76. The van der Waals surface area contributed by atoms with Crippen molar-refractivity contribution >= 4 is 11.6 Å². The maximum Gasteiger partial charge on any atom is 0.0406 e. The predicted octanol–water partition coefficient (Wildman–Crippen LogP) is 3.37. The Labute approximate surface area is 102 Å². The van der Waals surface area contributed by atoms with Crippen LogP contribution in [0.4, 0.5) is 0 Å². The second kappa shape index (κ2) is 3.75. The van der Waals surface area contributed by atoms with Gasteiger partial charge in [0.05, 0.1) is 0 Å². The van der Waals surface area contributed by atoms with Crippen molar-refractivity contribution in [3.63, 3.8) is 0 Å². The third-order valence-electron chi connectivity index (χ3n) is 4.16. The lowest BCUT2D eigenvalue weighted by atomic mass is 9.93. The van der Waals surface area contributed by atoms with E-state index in [2.05, 4.69) is 24.4 Å². The Bertz CT molecular complexity index is 382. The molecule has 2 saturated carbocycles. The summed E-state index contributed by atoms with van der Waals surface area (Å²) in [5.74, 6) is 0.805. The largest absolute Gasteiger partial charge is 0.313 e. The third kappa shape index (κ3) is 1.87. The van der Waals surface area contributed by atoms with Gasteiger partial charge in [-0.15, -0.1) is 0 Å². The Morgan fingerprint density at radius 2 is 1.94 bits per heavy atom. The molecule has 0 aliphatic heterocycles. The number of rotatable bonds is 4. The summed E-state index contributed by atoms with van der Waals surface area (Å²) in [6, 6.07) is 9.22. The van der Waals surface area contributed by atoms with Gasteiger partial charge in [0.1, 0.15) is 0 Å². The Hall–Kier alpha value is -0.530. The SMILES string of the molecule is CC1CC1(CNC1CC1)c1ccc(Cl)cc1. The van der Waals surface area contributed by atoms with Gasteiger partial charge >= 0.3 is 0 Å². The molecule has 2 aliphatic rings. The molecule has 0 bridgehead atoms. The molecule has 0 aromatic heterocycles. The first-order valence-electron chi connectivity index (χ1n) is 6.20. The van der Waals surface area contributed by atoms with E-state index < -0.39 is 0 Å². The van der Waals surface area contributed by atoms with Crippen molar-refractivity contribution < 1.29 is 0 Å². The van der Waals surface area contributed by atoms with Gasteiger partial charge in [-0.2, -0.15) is 0 Å². The van der Waals surface area contributed by atoms with Crippen LogP contribution in [0.2, 0.25) is 5.02 Å². The molecule has 2 unspecified atom stereocenters. The van der Waals surface area contributed by atoms with Gasteiger partial charge in [-0.25, -0.2) is 0 Å². The first kappa shape index (κ1) is 10.6. The minimum absolute atomic E-state index is 0.396. The van der Waals surface area contributed by atoms with Crippen molar-refractivity contribution in [2.75, 3.05) is 6.54 Å². The molecule has 1 aromatic rings. The Morgan fingerprint density at radius 3 is 2.44 bits per heavy atom. The highest BCUT2D eigenvalue weighted by atomic mass is 35.5. The second-order valence-electron chi connectivity index (χ2n) is 5.42. The van der Waals surface area contributed by atoms with Crippen molar-refractivity contribution in [3.05, 3.63) is 34.9 Å². The summed E-state index contributed by atoms with van der Waals surface area (Å²) in [4.78, 5) is 0. The zero-order chi connectivity index (χ0) is 11.2. The van der Waals surface area contributed by atoms with Crippen molar-refractivity contribution in [1.29, 1.82) is 0 Å². The van der Waals surface area contributed by atoms with Gasteiger partial charge in [0.2, 0.25) is 0 Å². The van der Waals surface area contributed by atoms with E-state index in [9.17, 15) is 0 Å². The van der Waals surface area contributed by atoms with E-state index in [1.807, 2.05) is 12.1 Å². The van der Waals surface area contributed by atoms with Gasteiger partial charge in [0.15, 0.2) is 0 Å². The van der Waals surface area contributed by atoms with Gasteiger partial charge in [0.25, 0.3) is 0 Å². The molecule has 2 heteroatoms. The second-order valence-corrected chi connectivity index (χ2v) is 5.86. The fourth-order valence-electron chi connectivity index (χ4n) is 2.63. The lowest BCUT2D eigenvalue weighted by Gasteiger charge is -2.18. The van der Waals surface area contributed by atoms with E-state index in [4.69, 9.17) is 11.6 Å². The van der Waals surface area contributed by atoms with Crippen molar-refractivity contribution in [1.82, 2.24) is 5.32 Å². The minimum atomic E-state index is 0.396. The van der Waals surface area contributed by atoms with Crippen LogP contribution >= 0.6 is 11.6 Å². The maximum absolute atomic E-state index is 5.94. The fraction of sp³-hybridized carbons (Fsp3) is 0.571. The third-order valence-corrected chi connectivity index (χ3v) is 4.41. The topological polar surface area (TPSA) is 12.0 Å². The van der Waals surface area contributed by atoms with E-state index in [-0.39, 0.29) is 0 Å². The van der Waals surface area contributed by atoms with E-state index in [1.165, 1.54) is 24.8 Å². The van der Waals surface area contributed by atoms with Gasteiger partial charge in [-0.1, -0.05) is 30.7 Å². The first-order chi connectivity index (χ1) is 7.71. The Morgan fingerprint density at radius 1 is 1.31 bits per heavy atom. The van der Waals surface area contributed by atoms with E-state index >= 15 is 0 Å². The molecule has 1 N–H and O–H groups in total. The summed E-state index contributed by atoms with van der Waals surface area (Å²) in [6.45, 7) is 3.49. The number of hydrogen-bond acceptors (Lipinski definition) is 1. The molecule has 1 aromatic carbocycles. The minimum Gasteiger partial charge on any atom is -0.313 e. The molecule has 0 radical (unpaired) electrons. The van der Waals surface area contributed by atoms with Gasteiger partial charge < -0.3 is 5.32 Å². The van der Waals surface area contributed by atoms with Crippen LogP contribution in [0.5, 0.6) is 0 Å². The average molecular weight is 236 g/mol. The molecule has 0 heterocycles. The molecule has 86 valence electrons. The summed E-state index contributed by atoms with van der Waals surface area (Å²) in [5.41, 5.74) is 1.85. The number of hydrogen-bond donors (Lipinski definition) is 1. The van der Waals surface area contributed by atoms with Gasteiger partial charge in [-0.3, -0.25) is 0 Å². The average Bonchev–Trinajstić information content (AvgIpc) is 3.15. The molecule has 3 rings (SSSR count). The summed E-state index contributed by atoms with van der Waals surface area (Å²) in [5, 5.41) is 4.51. The number of nitrogens with one attached hydrogen (secondary N) is 1. The predicted molar refractivity (Wildman–Crippen MR) is 67.9 cm³/mol. The summed E-state index contributed by atoms with van der Waals surface area (Å²) in [6.07, 6.45) is 4.05. The summed E-state index contributed by atoms with van der Waals surface area (Å²) >= 11 is 5.94. The van der Waals surface area contributed by atoms with E-state index in [0.29, 0.717) is 5.41 Å². The smallest absolute Gasteiger partial charge is 0.0406 e. The van der Waals surface area contributed by atoms with Crippen LogP contribution in [0.15, 0.2) is 24.3 Å². The van der Waals surface area contributed by atoms with Crippen LogP contribution in [0.1, 0.15) is 31.7 Å². The zero-order valence-electron chi connectivity index (χ0n) is 9.67.